The molecule has 0 saturated carbocycles. The van der Waals surface area contributed by atoms with Crippen LogP contribution in [-0.4, -0.2) is 54.8 Å². The number of carbonyl (C=O) groups is 2. The average Bonchev–Trinajstić information content (AvgIpc) is 3.01. The van der Waals surface area contributed by atoms with Crippen LogP contribution in [0.15, 0.2) is 54.2 Å². The summed E-state index contributed by atoms with van der Waals surface area (Å²) in [6, 6.07) is 15.6. The number of imide groups is 1. The van der Waals surface area contributed by atoms with Crippen LogP contribution >= 0.6 is 0 Å². The van der Waals surface area contributed by atoms with Crippen molar-refractivity contribution in [3.05, 3.63) is 70.9 Å². The van der Waals surface area contributed by atoms with Crippen LogP contribution < -0.4 is 4.90 Å². The predicted octanol–water partition coefficient (Wildman–Crippen LogP) is 3.61. The monoisotopic (exact) mass is 403 g/mol. The smallest absolute Gasteiger partial charge is 0.282 e. The highest BCUT2D eigenvalue weighted by Crippen LogP contribution is 2.37. The second-order valence-corrected chi connectivity index (χ2v) is 8.40. The van der Waals surface area contributed by atoms with Gasteiger partial charge in [0.25, 0.3) is 11.8 Å². The number of hydrogen-bond donors (Lipinski definition) is 0. The summed E-state index contributed by atoms with van der Waals surface area (Å²) in [6.07, 6.45) is 1.95. The molecule has 0 radical (unpaired) electrons. The number of likely N-dealkylation sites (N-methyl/N-ethyl adjacent to an activating group) is 1. The first-order valence-corrected chi connectivity index (χ1v) is 10.6. The number of piperidine rings is 1. The molecule has 0 unspecified atom stereocenters. The van der Waals surface area contributed by atoms with E-state index < -0.39 is 0 Å². The van der Waals surface area contributed by atoms with E-state index in [4.69, 9.17) is 0 Å². The van der Waals surface area contributed by atoms with Gasteiger partial charge in [0.1, 0.15) is 5.70 Å². The third-order valence-electron chi connectivity index (χ3n) is 6.53. The standard InChI is InChI=1S/C25H29N3O2/c1-17-9-8-12-21(18(17)2)28-24(29)22(19-10-6-5-7-11-19)23(25(28)30)27(4)20-13-15-26(3)16-14-20/h5-12,20H,13-16H2,1-4H3. The zero-order valence-corrected chi connectivity index (χ0v) is 18.2. The molecule has 0 N–H and O–H groups in total. The van der Waals surface area contributed by atoms with E-state index in [1.165, 1.54) is 4.90 Å². The highest BCUT2D eigenvalue weighted by Gasteiger charge is 2.43. The summed E-state index contributed by atoms with van der Waals surface area (Å²) in [5.74, 6) is -0.469. The first-order chi connectivity index (χ1) is 14.4. The molecular formula is C25H29N3O2. The second-order valence-electron chi connectivity index (χ2n) is 8.40. The van der Waals surface area contributed by atoms with Gasteiger partial charge in [0, 0.05) is 13.1 Å². The average molecular weight is 404 g/mol. The number of nitrogens with zero attached hydrogens (tertiary/aromatic N) is 3. The number of rotatable bonds is 4. The van der Waals surface area contributed by atoms with Crippen molar-refractivity contribution in [1.29, 1.82) is 0 Å². The Morgan fingerprint density at radius 2 is 1.57 bits per heavy atom. The minimum absolute atomic E-state index is 0.228. The molecule has 156 valence electrons. The lowest BCUT2D eigenvalue weighted by Crippen LogP contribution is -2.43. The van der Waals surface area contributed by atoms with Gasteiger partial charge in [-0.05, 0) is 69.6 Å². The van der Waals surface area contributed by atoms with E-state index in [9.17, 15) is 9.59 Å². The Hall–Kier alpha value is -2.92. The fourth-order valence-electron chi connectivity index (χ4n) is 4.47. The van der Waals surface area contributed by atoms with E-state index in [-0.39, 0.29) is 17.9 Å². The maximum absolute atomic E-state index is 13.7. The van der Waals surface area contributed by atoms with Crippen LogP contribution in [0.3, 0.4) is 0 Å². The first kappa shape index (κ1) is 20.4. The third kappa shape index (κ3) is 3.43. The van der Waals surface area contributed by atoms with Gasteiger partial charge in [-0.15, -0.1) is 0 Å². The Balaban J connectivity index is 1.80. The van der Waals surface area contributed by atoms with E-state index in [1.54, 1.807) is 0 Å². The zero-order chi connectivity index (χ0) is 21.4. The van der Waals surface area contributed by atoms with Gasteiger partial charge in [-0.25, -0.2) is 4.90 Å². The van der Waals surface area contributed by atoms with E-state index in [2.05, 4.69) is 16.8 Å². The molecule has 0 spiro atoms. The van der Waals surface area contributed by atoms with E-state index in [0.717, 1.165) is 42.6 Å². The van der Waals surface area contributed by atoms with Gasteiger partial charge >= 0.3 is 0 Å². The molecule has 2 aliphatic heterocycles. The molecule has 30 heavy (non-hydrogen) atoms. The Morgan fingerprint density at radius 1 is 0.900 bits per heavy atom. The minimum Gasteiger partial charge on any atom is -0.366 e. The molecule has 2 aromatic carbocycles. The lowest BCUT2D eigenvalue weighted by atomic mass is 10.0. The molecule has 4 rings (SSSR count). The molecule has 1 saturated heterocycles. The maximum Gasteiger partial charge on any atom is 0.282 e. The molecular weight excluding hydrogens is 374 g/mol. The molecule has 2 aliphatic rings. The Labute approximate surface area is 178 Å². The summed E-state index contributed by atoms with van der Waals surface area (Å²) in [4.78, 5) is 33.1. The predicted molar refractivity (Wildman–Crippen MR) is 120 cm³/mol. The fraction of sp³-hybridized carbons (Fsp3) is 0.360. The largest absolute Gasteiger partial charge is 0.366 e. The molecule has 5 heteroatoms. The lowest BCUT2D eigenvalue weighted by Gasteiger charge is -2.36. The summed E-state index contributed by atoms with van der Waals surface area (Å²) < 4.78 is 0. The lowest BCUT2D eigenvalue weighted by molar-refractivity contribution is -0.120. The summed E-state index contributed by atoms with van der Waals surface area (Å²) in [5, 5.41) is 0. The van der Waals surface area contributed by atoms with Gasteiger partial charge in [0.05, 0.1) is 11.3 Å². The molecule has 0 aromatic heterocycles. The Bertz CT molecular complexity index is 1000. The van der Waals surface area contributed by atoms with Gasteiger partial charge in [0.2, 0.25) is 0 Å². The topological polar surface area (TPSA) is 43.9 Å². The number of likely N-dealkylation sites (tertiary alicyclic amines) is 1. The number of anilines is 1. The van der Waals surface area contributed by atoms with Crippen molar-refractivity contribution in [1.82, 2.24) is 9.80 Å². The van der Waals surface area contributed by atoms with Crippen LogP contribution in [0.1, 0.15) is 29.5 Å². The van der Waals surface area contributed by atoms with E-state index in [1.807, 2.05) is 69.4 Å². The van der Waals surface area contributed by atoms with Crippen LogP contribution in [0, 0.1) is 13.8 Å². The van der Waals surface area contributed by atoms with E-state index >= 15 is 0 Å². The van der Waals surface area contributed by atoms with Crippen molar-refractivity contribution in [2.24, 2.45) is 0 Å². The quantitative estimate of drug-likeness (QED) is 0.732. The number of hydrogen-bond acceptors (Lipinski definition) is 4. The molecule has 5 nitrogen and oxygen atoms in total. The van der Waals surface area contributed by atoms with Crippen molar-refractivity contribution in [2.45, 2.75) is 32.7 Å². The summed E-state index contributed by atoms with van der Waals surface area (Å²) in [5.41, 5.74) is 4.49. The van der Waals surface area contributed by atoms with Crippen LogP contribution in [-0.2, 0) is 9.59 Å². The van der Waals surface area contributed by atoms with Crippen LogP contribution in [0.25, 0.3) is 5.57 Å². The molecule has 2 amide bonds. The minimum atomic E-state index is -0.241. The van der Waals surface area contributed by atoms with Crippen molar-refractivity contribution in [3.63, 3.8) is 0 Å². The second kappa shape index (κ2) is 8.07. The van der Waals surface area contributed by atoms with Gasteiger partial charge < -0.3 is 9.80 Å². The number of aryl methyl sites for hydroxylation is 1. The highest BCUT2D eigenvalue weighted by molar-refractivity contribution is 6.45. The van der Waals surface area contributed by atoms with Crippen LogP contribution in [0.5, 0.6) is 0 Å². The SMILES string of the molecule is Cc1cccc(N2C(=O)C(c3ccccc3)=C(N(C)C3CCN(C)CC3)C2=O)c1C. The molecule has 2 heterocycles. The summed E-state index contributed by atoms with van der Waals surface area (Å²) >= 11 is 0. The van der Waals surface area contributed by atoms with Gasteiger partial charge in [-0.1, -0.05) is 42.5 Å². The van der Waals surface area contributed by atoms with Crippen LogP contribution in [0.2, 0.25) is 0 Å². The van der Waals surface area contributed by atoms with Crippen molar-refractivity contribution >= 4 is 23.1 Å². The van der Waals surface area contributed by atoms with Gasteiger partial charge in [-0.2, -0.15) is 0 Å². The van der Waals surface area contributed by atoms with E-state index in [0.29, 0.717) is 17.0 Å². The van der Waals surface area contributed by atoms with Crippen molar-refractivity contribution in [3.8, 4) is 0 Å². The van der Waals surface area contributed by atoms with Crippen molar-refractivity contribution in [2.75, 3.05) is 32.1 Å². The molecule has 0 bridgehead atoms. The number of amides is 2. The molecule has 2 aromatic rings. The number of carbonyl (C=O) groups excluding carboxylic acids is 2. The molecule has 1 fully saturated rings. The highest BCUT2D eigenvalue weighted by atomic mass is 16.2. The van der Waals surface area contributed by atoms with Gasteiger partial charge in [-0.3, -0.25) is 9.59 Å². The first-order valence-electron chi connectivity index (χ1n) is 10.6. The molecule has 0 aliphatic carbocycles. The van der Waals surface area contributed by atoms with Gasteiger partial charge in [0.15, 0.2) is 0 Å². The van der Waals surface area contributed by atoms with Crippen LogP contribution in [0.4, 0.5) is 5.69 Å². The Kier molecular flexibility index (Phi) is 5.48. The zero-order valence-electron chi connectivity index (χ0n) is 18.2. The normalized spacial score (nSPS) is 18.5. The summed E-state index contributed by atoms with van der Waals surface area (Å²) in [6.45, 7) is 5.95. The summed E-state index contributed by atoms with van der Waals surface area (Å²) in [7, 11) is 4.09. The third-order valence-corrected chi connectivity index (χ3v) is 6.53. The molecule has 0 atom stereocenters. The number of benzene rings is 2. The fourth-order valence-corrected chi connectivity index (χ4v) is 4.47. The maximum atomic E-state index is 13.7. The van der Waals surface area contributed by atoms with Crippen molar-refractivity contribution < 1.29 is 9.59 Å². The Morgan fingerprint density at radius 3 is 2.23 bits per heavy atom.